The molecular weight excluding hydrogens is 492 g/mol. The van der Waals surface area contributed by atoms with Crippen molar-refractivity contribution >= 4 is 34.1 Å². The van der Waals surface area contributed by atoms with Crippen LogP contribution in [-0.2, 0) is 18.3 Å². The number of hydrogen-bond acceptors (Lipinski definition) is 5. The van der Waals surface area contributed by atoms with Gasteiger partial charge in [0.25, 0.3) is 5.91 Å². The molecule has 1 N–H and O–H groups in total. The number of benzene rings is 1. The summed E-state index contributed by atoms with van der Waals surface area (Å²) in [7, 11) is 2.02. The highest BCUT2D eigenvalue weighted by Gasteiger charge is 2.29. The highest BCUT2D eigenvalue weighted by Crippen LogP contribution is 2.36. The molecule has 0 bridgehead atoms. The van der Waals surface area contributed by atoms with Crippen LogP contribution in [0.1, 0.15) is 56.8 Å². The normalized spacial score (nSPS) is 18.1. The average molecular weight is 529 g/mol. The molecular formula is C30H36N6O3. The van der Waals surface area contributed by atoms with Crippen molar-refractivity contribution in [3.8, 4) is 11.5 Å². The van der Waals surface area contributed by atoms with Gasteiger partial charge >= 0.3 is 6.09 Å². The second kappa shape index (κ2) is 9.70. The number of ether oxygens (including phenoxy) is 1. The fourth-order valence-corrected chi connectivity index (χ4v) is 5.51. The Labute approximate surface area is 228 Å². The van der Waals surface area contributed by atoms with E-state index in [4.69, 9.17) is 9.72 Å². The summed E-state index contributed by atoms with van der Waals surface area (Å²) < 4.78 is 9.80. The number of aryl methyl sites for hydroxylation is 1. The Kier molecular flexibility index (Phi) is 6.32. The van der Waals surface area contributed by atoms with E-state index in [2.05, 4.69) is 31.6 Å². The zero-order valence-electron chi connectivity index (χ0n) is 23.1. The molecule has 0 radical (unpaired) electrons. The Morgan fingerprint density at radius 3 is 2.72 bits per heavy atom. The highest BCUT2D eigenvalue weighted by atomic mass is 16.6. The second-order valence-corrected chi connectivity index (χ2v) is 11.9. The number of nitrogens with zero attached hydrogens (tertiary/aromatic N) is 5. The molecule has 1 aliphatic heterocycles. The van der Waals surface area contributed by atoms with Crippen LogP contribution in [0.25, 0.3) is 33.6 Å². The molecule has 9 nitrogen and oxygen atoms in total. The van der Waals surface area contributed by atoms with Crippen molar-refractivity contribution in [2.24, 2.45) is 13.0 Å². The van der Waals surface area contributed by atoms with Crippen molar-refractivity contribution in [3.63, 3.8) is 0 Å². The van der Waals surface area contributed by atoms with Crippen LogP contribution in [-0.4, -0.2) is 60.7 Å². The molecule has 4 aromatic rings. The number of alkyl carbamates (subject to hydrolysis) is 1. The maximum absolute atomic E-state index is 13.5. The van der Waals surface area contributed by atoms with Crippen LogP contribution in [0.4, 0.5) is 4.79 Å². The number of aromatic nitrogens is 4. The summed E-state index contributed by atoms with van der Waals surface area (Å²) in [6.45, 7) is 7.57. The van der Waals surface area contributed by atoms with Gasteiger partial charge in [0, 0.05) is 49.9 Å². The third-order valence-electron chi connectivity index (χ3n) is 7.58. The fourth-order valence-electron chi connectivity index (χ4n) is 5.51. The SMILES string of the molecule is Cn1c(-c2cc3cccnc3n2CC2CC2)nc2cc(C(=O)N3CCCC(NC(=O)OC(C)(C)C)C3)ccc21. The zero-order chi connectivity index (χ0) is 27.3. The molecule has 6 rings (SSSR count). The largest absolute Gasteiger partial charge is 0.444 e. The molecule has 1 saturated heterocycles. The summed E-state index contributed by atoms with van der Waals surface area (Å²) in [4.78, 5) is 37.3. The predicted molar refractivity (Wildman–Crippen MR) is 150 cm³/mol. The van der Waals surface area contributed by atoms with Gasteiger partial charge in [-0.3, -0.25) is 4.79 Å². The van der Waals surface area contributed by atoms with Crippen LogP contribution in [0.2, 0.25) is 0 Å². The molecule has 4 heterocycles. The van der Waals surface area contributed by atoms with Gasteiger partial charge in [-0.05, 0) is 88.8 Å². The molecule has 2 fully saturated rings. The van der Waals surface area contributed by atoms with Gasteiger partial charge < -0.3 is 24.1 Å². The van der Waals surface area contributed by atoms with Gasteiger partial charge in [-0.2, -0.15) is 0 Å². The fraction of sp³-hybridized carbons (Fsp3) is 0.467. The minimum Gasteiger partial charge on any atom is -0.444 e. The third-order valence-corrected chi connectivity index (χ3v) is 7.58. The van der Waals surface area contributed by atoms with E-state index in [1.165, 1.54) is 12.8 Å². The molecule has 1 aromatic carbocycles. The van der Waals surface area contributed by atoms with E-state index < -0.39 is 11.7 Å². The van der Waals surface area contributed by atoms with E-state index in [0.717, 1.165) is 53.0 Å². The summed E-state index contributed by atoms with van der Waals surface area (Å²) in [5.74, 6) is 1.51. The summed E-state index contributed by atoms with van der Waals surface area (Å²) in [5.41, 5.74) is 3.84. The third kappa shape index (κ3) is 5.22. The zero-order valence-corrected chi connectivity index (χ0v) is 23.1. The lowest BCUT2D eigenvalue weighted by Crippen LogP contribution is -2.50. The molecule has 1 unspecified atom stereocenters. The number of imidazole rings is 1. The number of hydrogen-bond donors (Lipinski definition) is 1. The Hall–Kier alpha value is -3.88. The van der Waals surface area contributed by atoms with Crippen LogP contribution in [0, 0.1) is 5.92 Å². The van der Waals surface area contributed by atoms with Gasteiger partial charge in [0.15, 0.2) is 5.82 Å². The number of likely N-dealkylation sites (tertiary alicyclic amines) is 1. The molecule has 9 heteroatoms. The van der Waals surface area contributed by atoms with Gasteiger partial charge in [-0.25, -0.2) is 14.8 Å². The molecule has 204 valence electrons. The molecule has 1 aliphatic carbocycles. The number of rotatable bonds is 5. The van der Waals surface area contributed by atoms with Crippen molar-refractivity contribution in [1.29, 1.82) is 0 Å². The minimum atomic E-state index is -0.562. The highest BCUT2D eigenvalue weighted by molar-refractivity contribution is 5.98. The molecule has 39 heavy (non-hydrogen) atoms. The molecule has 3 aromatic heterocycles. The lowest BCUT2D eigenvalue weighted by Gasteiger charge is -2.33. The van der Waals surface area contributed by atoms with E-state index in [-0.39, 0.29) is 11.9 Å². The second-order valence-electron chi connectivity index (χ2n) is 11.9. The van der Waals surface area contributed by atoms with E-state index in [0.29, 0.717) is 24.6 Å². The molecule has 2 aliphatic rings. The van der Waals surface area contributed by atoms with Crippen LogP contribution < -0.4 is 5.32 Å². The first-order chi connectivity index (χ1) is 18.7. The lowest BCUT2D eigenvalue weighted by atomic mass is 10.0. The van der Waals surface area contributed by atoms with Crippen molar-refractivity contribution in [1.82, 2.24) is 29.3 Å². The Bertz CT molecular complexity index is 1560. The summed E-state index contributed by atoms with van der Waals surface area (Å²) in [5, 5.41) is 4.03. The van der Waals surface area contributed by atoms with Crippen LogP contribution in [0.15, 0.2) is 42.6 Å². The average Bonchev–Trinajstić information content (AvgIpc) is 3.56. The van der Waals surface area contributed by atoms with E-state index in [1.54, 1.807) is 0 Å². The number of carbonyl (C=O) groups is 2. The Balaban J connectivity index is 1.25. The Morgan fingerprint density at radius 2 is 1.95 bits per heavy atom. The summed E-state index contributed by atoms with van der Waals surface area (Å²) in [6, 6.07) is 11.8. The molecule has 1 atom stereocenters. The smallest absolute Gasteiger partial charge is 0.407 e. The minimum absolute atomic E-state index is 0.0492. The first-order valence-corrected chi connectivity index (χ1v) is 13.9. The maximum Gasteiger partial charge on any atom is 0.407 e. The van der Waals surface area contributed by atoms with E-state index >= 15 is 0 Å². The maximum atomic E-state index is 13.5. The van der Waals surface area contributed by atoms with Crippen LogP contribution in [0.5, 0.6) is 0 Å². The van der Waals surface area contributed by atoms with Crippen molar-refractivity contribution in [2.45, 2.75) is 64.6 Å². The topological polar surface area (TPSA) is 94.3 Å². The number of carbonyl (C=O) groups excluding carboxylic acids is 2. The number of pyridine rings is 1. The lowest BCUT2D eigenvalue weighted by molar-refractivity contribution is 0.0452. The van der Waals surface area contributed by atoms with Gasteiger partial charge in [-0.1, -0.05) is 0 Å². The predicted octanol–water partition coefficient (Wildman–Crippen LogP) is 5.13. The molecule has 0 spiro atoms. The Morgan fingerprint density at radius 1 is 1.13 bits per heavy atom. The molecule has 2 amide bonds. The van der Waals surface area contributed by atoms with Crippen molar-refractivity contribution < 1.29 is 14.3 Å². The first kappa shape index (κ1) is 25.4. The van der Waals surface area contributed by atoms with Crippen molar-refractivity contribution in [3.05, 3.63) is 48.2 Å². The molecule has 1 saturated carbocycles. The van der Waals surface area contributed by atoms with E-state index in [9.17, 15) is 9.59 Å². The van der Waals surface area contributed by atoms with Gasteiger partial charge in [0.1, 0.15) is 11.2 Å². The quantitative estimate of drug-likeness (QED) is 0.388. The number of piperidine rings is 1. The van der Waals surface area contributed by atoms with Gasteiger partial charge in [0.2, 0.25) is 0 Å². The van der Waals surface area contributed by atoms with Crippen LogP contribution in [0.3, 0.4) is 0 Å². The first-order valence-electron chi connectivity index (χ1n) is 13.9. The van der Waals surface area contributed by atoms with Gasteiger partial charge in [0.05, 0.1) is 16.7 Å². The van der Waals surface area contributed by atoms with Gasteiger partial charge in [-0.15, -0.1) is 0 Å². The van der Waals surface area contributed by atoms with Crippen molar-refractivity contribution in [2.75, 3.05) is 13.1 Å². The van der Waals surface area contributed by atoms with Crippen LogP contribution >= 0.6 is 0 Å². The number of nitrogens with one attached hydrogen (secondary N) is 1. The number of amides is 2. The summed E-state index contributed by atoms with van der Waals surface area (Å²) in [6.07, 6.45) is 5.54. The standard InChI is InChI=1S/C30H36N6O3/c1-30(2,3)39-29(38)32-22-8-6-14-35(18-22)28(37)21-11-12-24-23(15-21)33-27(34(24)4)25-16-20-7-5-13-31-26(20)36(25)17-19-9-10-19/h5,7,11-13,15-16,19,22H,6,8-10,14,17-18H2,1-4H3,(H,32,38). The van der Waals surface area contributed by atoms with E-state index in [1.807, 2.05) is 63.2 Å². The number of fused-ring (bicyclic) bond motifs is 2. The monoisotopic (exact) mass is 528 g/mol. The summed E-state index contributed by atoms with van der Waals surface area (Å²) >= 11 is 0.